The van der Waals surface area contributed by atoms with Crippen LogP contribution in [-0.4, -0.2) is 19.4 Å². The Morgan fingerprint density at radius 2 is 1.76 bits per heavy atom. The molecule has 21 heavy (non-hydrogen) atoms. The standard InChI is InChI=1S/C17H20N2O2/c1-3-20-16-11-10-14(17(12-16)21-4-2)13-18-19-15-8-6-5-7-9-15/h5-13,19H,3-4H2,1-2H3/b18-13+. The summed E-state index contributed by atoms with van der Waals surface area (Å²) in [6, 6.07) is 15.5. The molecule has 0 heterocycles. The maximum absolute atomic E-state index is 5.63. The van der Waals surface area contributed by atoms with Crippen molar-refractivity contribution in [2.45, 2.75) is 13.8 Å². The minimum atomic E-state index is 0.600. The summed E-state index contributed by atoms with van der Waals surface area (Å²) in [5.74, 6) is 1.57. The highest BCUT2D eigenvalue weighted by molar-refractivity contribution is 5.84. The van der Waals surface area contributed by atoms with Crippen LogP contribution < -0.4 is 14.9 Å². The van der Waals surface area contributed by atoms with Crippen molar-refractivity contribution in [3.05, 3.63) is 54.1 Å². The molecule has 0 radical (unpaired) electrons. The van der Waals surface area contributed by atoms with Crippen molar-refractivity contribution in [1.29, 1.82) is 0 Å². The van der Waals surface area contributed by atoms with E-state index in [1.807, 2.05) is 62.4 Å². The van der Waals surface area contributed by atoms with E-state index in [2.05, 4.69) is 10.5 Å². The van der Waals surface area contributed by atoms with E-state index in [0.717, 1.165) is 22.7 Å². The number of rotatable bonds is 7. The molecule has 110 valence electrons. The Labute approximate surface area is 125 Å². The van der Waals surface area contributed by atoms with Crippen LogP contribution in [0.5, 0.6) is 11.5 Å². The summed E-state index contributed by atoms with van der Waals surface area (Å²) < 4.78 is 11.1. The monoisotopic (exact) mass is 284 g/mol. The number of hydrazone groups is 1. The second-order valence-corrected chi connectivity index (χ2v) is 4.30. The molecule has 2 aromatic rings. The van der Waals surface area contributed by atoms with Gasteiger partial charge in [0.25, 0.3) is 0 Å². The van der Waals surface area contributed by atoms with Crippen LogP contribution in [-0.2, 0) is 0 Å². The predicted molar refractivity (Wildman–Crippen MR) is 86.4 cm³/mol. The van der Waals surface area contributed by atoms with Crippen molar-refractivity contribution >= 4 is 11.9 Å². The fourth-order valence-corrected chi connectivity index (χ4v) is 1.85. The molecule has 0 aliphatic rings. The zero-order chi connectivity index (χ0) is 14.9. The van der Waals surface area contributed by atoms with Gasteiger partial charge >= 0.3 is 0 Å². The number of anilines is 1. The van der Waals surface area contributed by atoms with E-state index in [4.69, 9.17) is 9.47 Å². The smallest absolute Gasteiger partial charge is 0.131 e. The summed E-state index contributed by atoms with van der Waals surface area (Å²) in [7, 11) is 0. The molecule has 2 aromatic carbocycles. The number of para-hydroxylation sites is 1. The van der Waals surface area contributed by atoms with Gasteiger partial charge in [-0.15, -0.1) is 0 Å². The largest absolute Gasteiger partial charge is 0.494 e. The van der Waals surface area contributed by atoms with Crippen LogP contribution in [0.4, 0.5) is 5.69 Å². The van der Waals surface area contributed by atoms with Gasteiger partial charge in [-0.05, 0) is 38.1 Å². The SMILES string of the molecule is CCOc1ccc(/C=N/Nc2ccccc2)c(OCC)c1. The average molecular weight is 284 g/mol. The minimum absolute atomic E-state index is 0.600. The van der Waals surface area contributed by atoms with E-state index < -0.39 is 0 Å². The van der Waals surface area contributed by atoms with Gasteiger partial charge in [-0.2, -0.15) is 5.10 Å². The van der Waals surface area contributed by atoms with E-state index >= 15 is 0 Å². The van der Waals surface area contributed by atoms with Crippen molar-refractivity contribution in [2.24, 2.45) is 5.10 Å². The number of nitrogens with zero attached hydrogens (tertiary/aromatic N) is 1. The highest BCUT2D eigenvalue weighted by Crippen LogP contribution is 2.24. The quantitative estimate of drug-likeness (QED) is 0.619. The Morgan fingerprint density at radius 3 is 2.48 bits per heavy atom. The van der Waals surface area contributed by atoms with Gasteiger partial charge in [0.15, 0.2) is 0 Å². The lowest BCUT2D eigenvalue weighted by Crippen LogP contribution is -1.99. The zero-order valence-electron chi connectivity index (χ0n) is 12.4. The molecule has 0 aliphatic carbocycles. The van der Waals surface area contributed by atoms with Crippen LogP contribution in [0.2, 0.25) is 0 Å². The topological polar surface area (TPSA) is 42.8 Å². The number of hydrogen-bond donors (Lipinski definition) is 1. The van der Waals surface area contributed by atoms with Gasteiger partial charge in [-0.1, -0.05) is 18.2 Å². The first-order chi connectivity index (χ1) is 10.3. The molecular formula is C17H20N2O2. The van der Waals surface area contributed by atoms with Gasteiger partial charge in [-0.25, -0.2) is 0 Å². The third-order valence-electron chi connectivity index (χ3n) is 2.77. The van der Waals surface area contributed by atoms with E-state index in [9.17, 15) is 0 Å². The maximum Gasteiger partial charge on any atom is 0.131 e. The van der Waals surface area contributed by atoms with Gasteiger partial charge in [0.05, 0.1) is 25.1 Å². The lowest BCUT2D eigenvalue weighted by atomic mass is 10.2. The average Bonchev–Trinajstić information content (AvgIpc) is 2.51. The van der Waals surface area contributed by atoms with E-state index in [-0.39, 0.29) is 0 Å². The Morgan fingerprint density at radius 1 is 1.00 bits per heavy atom. The highest BCUT2D eigenvalue weighted by Gasteiger charge is 2.03. The predicted octanol–water partition coefficient (Wildman–Crippen LogP) is 3.93. The molecule has 4 nitrogen and oxygen atoms in total. The fourth-order valence-electron chi connectivity index (χ4n) is 1.85. The van der Waals surface area contributed by atoms with Crippen LogP contribution in [0, 0.1) is 0 Å². The van der Waals surface area contributed by atoms with E-state index in [0.29, 0.717) is 13.2 Å². The molecule has 0 unspecified atom stereocenters. The molecule has 1 N–H and O–H groups in total. The first-order valence-electron chi connectivity index (χ1n) is 7.07. The molecule has 2 rings (SSSR count). The summed E-state index contributed by atoms with van der Waals surface area (Å²) >= 11 is 0. The first-order valence-corrected chi connectivity index (χ1v) is 7.07. The molecule has 0 saturated heterocycles. The normalized spacial score (nSPS) is 10.6. The van der Waals surface area contributed by atoms with Gasteiger partial charge in [-0.3, -0.25) is 5.43 Å². The van der Waals surface area contributed by atoms with Gasteiger partial charge < -0.3 is 9.47 Å². The second-order valence-electron chi connectivity index (χ2n) is 4.30. The van der Waals surface area contributed by atoms with Crippen molar-refractivity contribution < 1.29 is 9.47 Å². The van der Waals surface area contributed by atoms with Gasteiger partial charge in [0.2, 0.25) is 0 Å². The third kappa shape index (κ3) is 4.53. The van der Waals surface area contributed by atoms with Gasteiger partial charge in [0.1, 0.15) is 11.5 Å². The third-order valence-corrected chi connectivity index (χ3v) is 2.77. The van der Waals surface area contributed by atoms with Crippen molar-refractivity contribution in [2.75, 3.05) is 18.6 Å². The first kappa shape index (κ1) is 14.9. The van der Waals surface area contributed by atoms with Crippen LogP contribution in [0.1, 0.15) is 19.4 Å². The molecule has 0 amide bonds. The number of ether oxygens (including phenoxy) is 2. The molecule has 0 fully saturated rings. The van der Waals surface area contributed by atoms with Crippen LogP contribution in [0.15, 0.2) is 53.6 Å². The van der Waals surface area contributed by atoms with Crippen molar-refractivity contribution in [3.63, 3.8) is 0 Å². The molecule has 0 aromatic heterocycles. The Balaban J connectivity index is 2.10. The Bertz CT molecular complexity index is 583. The summed E-state index contributed by atoms with van der Waals surface area (Å²) in [5.41, 5.74) is 4.83. The van der Waals surface area contributed by atoms with Crippen molar-refractivity contribution in [3.8, 4) is 11.5 Å². The Hall–Kier alpha value is -2.49. The van der Waals surface area contributed by atoms with Crippen LogP contribution in [0.3, 0.4) is 0 Å². The summed E-state index contributed by atoms with van der Waals surface area (Å²) in [6.07, 6.45) is 1.74. The number of hydrogen-bond acceptors (Lipinski definition) is 4. The lowest BCUT2D eigenvalue weighted by Gasteiger charge is -2.10. The maximum atomic E-state index is 5.63. The minimum Gasteiger partial charge on any atom is -0.494 e. The van der Waals surface area contributed by atoms with E-state index in [1.165, 1.54) is 0 Å². The molecular weight excluding hydrogens is 264 g/mol. The summed E-state index contributed by atoms with van der Waals surface area (Å²) in [6.45, 7) is 5.15. The summed E-state index contributed by atoms with van der Waals surface area (Å²) in [4.78, 5) is 0. The van der Waals surface area contributed by atoms with Crippen LogP contribution in [0.25, 0.3) is 0 Å². The molecule has 4 heteroatoms. The number of nitrogens with one attached hydrogen (secondary N) is 1. The molecule has 0 saturated carbocycles. The highest BCUT2D eigenvalue weighted by atomic mass is 16.5. The molecule has 0 bridgehead atoms. The zero-order valence-corrected chi connectivity index (χ0v) is 12.4. The Kier molecular flexibility index (Phi) is 5.64. The van der Waals surface area contributed by atoms with E-state index in [1.54, 1.807) is 6.21 Å². The number of benzene rings is 2. The molecule has 0 aliphatic heterocycles. The summed E-state index contributed by atoms with van der Waals surface area (Å²) in [5, 5.41) is 4.23. The van der Waals surface area contributed by atoms with Gasteiger partial charge in [0, 0.05) is 11.6 Å². The molecule has 0 atom stereocenters. The lowest BCUT2D eigenvalue weighted by molar-refractivity contribution is 0.323. The second kappa shape index (κ2) is 7.94. The molecule has 0 spiro atoms. The fraction of sp³-hybridized carbons (Fsp3) is 0.235. The van der Waals surface area contributed by atoms with Crippen LogP contribution >= 0.6 is 0 Å². The van der Waals surface area contributed by atoms with Crippen molar-refractivity contribution in [1.82, 2.24) is 0 Å².